The van der Waals surface area contributed by atoms with Crippen molar-refractivity contribution in [3.05, 3.63) is 62.4 Å². The van der Waals surface area contributed by atoms with Gasteiger partial charge in [0.15, 0.2) is 0 Å². The van der Waals surface area contributed by atoms with Crippen molar-refractivity contribution in [3.63, 3.8) is 0 Å². The van der Waals surface area contributed by atoms with Gasteiger partial charge in [-0.2, -0.15) is 0 Å². The molecule has 0 aliphatic rings. The molecule has 1 aromatic heterocycles. The molecule has 0 radical (unpaired) electrons. The minimum atomic E-state index is -0.276. The fourth-order valence-electron chi connectivity index (χ4n) is 2.44. The van der Waals surface area contributed by atoms with Gasteiger partial charge in [-0.3, -0.25) is 0 Å². The molecule has 25 heavy (non-hydrogen) atoms. The lowest BCUT2D eigenvalue weighted by Crippen LogP contribution is -2.00. The molecular formula is C22H30O2S. The number of ether oxygens (including phenoxy) is 1. The number of carbonyl (C=O) groups is 1. The Morgan fingerprint density at radius 2 is 1.68 bits per heavy atom. The maximum Gasteiger partial charge on any atom is 0.331 e. The van der Waals surface area contributed by atoms with Gasteiger partial charge in [-0.05, 0) is 62.8 Å². The third-order valence-electron chi connectivity index (χ3n) is 4.11. The van der Waals surface area contributed by atoms with Gasteiger partial charge >= 0.3 is 5.97 Å². The second-order valence-corrected chi connectivity index (χ2v) is 7.29. The number of rotatable bonds is 8. The fraction of sp³-hybridized carbons (Fsp3) is 0.409. The van der Waals surface area contributed by atoms with E-state index >= 15 is 0 Å². The largest absolute Gasteiger partial charge is 0.463 e. The van der Waals surface area contributed by atoms with Crippen molar-refractivity contribution in [1.29, 1.82) is 0 Å². The summed E-state index contributed by atoms with van der Waals surface area (Å²) in [6.07, 6.45) is 13.8. The van der Waals surface area contributed by atoms with E-state index in [1.165, 1.54) is 26.5 Å². The first-order valence-electron chi connectivity index (χ1n) is 8.92. The number of hydrogen-bond acceptors (Lipinski definition) is 3. The Kier molecular flexibility index (Phi) is 9.22. The van der Waals surface area contributed by atoms with Gasteiger partial charge in [0.1, 0.15) is 0 Å². The van der Waals surface area contributed by atoms with Crippen LogP contribution in [0.25, 0.3) is 6.08 Å². The molecule has 0 aliphatic heterocycles. The lowest BCUT2D eigenvalue weighted by molar-refractivity contribution is -0.137. The minimum Gasteiger partial charge on any atom is -0.463 e. The van der Waals surface area contributed by atoms with Gasteiger partial charge in [-0.25, -0.2) is 4.79 Å². The van der Waals surface area contributed by atoms with E-state index in [1.54, 1.807) is 6.08 Å². The molecular weight excluding hydrogens is 328 g/mol. The summed E-state index contributed by atoms with van der Waals surface area (Å²) in [7, 11) is 0. The standard InChI is InChI=1S/C22H30O2S/c1-7-19(13-14-21-16(4)17(5)25-18(21)6)11-10-12-20(8-2)15-22(23)24-9-3/h10-15H,7-9H2,1-6H3/b12-10?,14-13?,19-11?,20-15+. The highest BCUT2D eigenvalue weighted by atomic mass is 32.1. The second kappa shape index (κ2) is 10.9. The van der Waals surface area contributed by atoms with Crippen molar-refractivity contribution < 1.29 is 9.53 Å². The molecule has 0 amide bonds. The smallest absolute Gasteiger partial charge is 0.331 e. The van der Waals surface area contributed by atoms with E-state index in [0.29, 0.717) is 6.61 Å². The number of esters is 1. The van der Waals surface area contributed by atoms with Crippen LogP contribution >= 0.6 is 11.3 Å². The van der Waals surface area contributed by atoms with Gasteiger partial charge in [0.05, 0.1) is 6.61 Å². The summed E-state index contributed by atoms with van der Waals surface area (Å²) in [6.45, 7) is 12.9. The Morgan fingerprint density at radius 1 is 1.00 bits per heavy atom. The highest BCUT2D eigenvalue weighted by Gasteiger charge is 2.05. The van der Waals surface area contributed by atoms with Crippen molar-refractivity contribution in [1.82, 2.24) is 0 Å². The molecule has 2 nitrogen and oxygen atoms in total. The highest BCUT2D eigenvalue weighted by molar-refractivity contribution is 7.12. The third kappa shape index (κ3) is 6.87. The first-order valence-corrected chi connectivity index (χ1v) is 9.73. The van der Waals surface area contributed by atoms with E-state index in [9.17, 15) is 4.79 Å². The molecule has 0 unspecified atom stereocenters. The molecule has 0 atom stereocenters. The average molecular weight is 359 g/mol. The molecule has 0 fully saturated rings. The van der Waals surface area contributed by atoms with E-state index in [4.69, 9.17) is 4.74 Å². The van der Waals surface area contributed by atoms with Gasteiger partial charge in [-0.15, -0.1) is 11.3 Å². The lowest BCUT2D eigenvalue weighted by Gasteiger charge is -2.00. The van der Waals surface area contributed by atoms with Crippen LogP contribution < -0.4 is 0 Å². The van der Waals surface area contributed by atoms with E-state index < -0.39 is 0 Å². The maximum absolute atomic E-state index is 11.5. The second-order valence-electron chi connectivity index (χ2n) is 5.87. The lowest BCUT2D eigenvalue weighted by atomic mass is 10.1. The SMILES string of the molecule is CCOC(=O)/C=C(/C=CC=C(C=Cc1c(C)sc(C)c1C)CC)CC. The summed E-state index contributed by atoms with van der Waals surface area (Å²) in [5.41, 5.74) is 4.93. The number of carbonyl (C=O) groups excluding carboxylic acids is 1. The Hall–Kier alpha value is -1.87. The van der Waals surface area contributed by atoms with Crippen LogP contribution in [-0.4, -0.2) is 12.6 Å². The number of thiophene rings is 1. The molecule has 136 valence electrons. The quantitative estimate of drug-likeness (QED) is 0.302. The van der Waals surface area contributed by atoms with Crippen molar-refractivity contribution in [2.24, 2.45) is 0 Å². The summed E-state index contributed by atoms with van der Waals surface area (Å²) in [5.74, 6) is -0.276. The summed E-state index contributed by atoms with van der Waals surface area (Å²) >= 11 is 1.85. The van der Waals surface area contributed by atoms with Crippen LogP contribution in [0.4, 0.5) is 0 Å². The van der Waals surface area contributed by atoms with Crippen LogP contribution in [0, 0.1) is 20.8 Å². The van der Waals surface area contributed by atoms with Gasteiger partial charge in [0.2, 0.25) is 0 Å². The Balaban J connectivity index is 2.88. The normalized spacial score (nSPS) is 13.2. The number of allylic oxidation sites excluding steroid dienone is 6. The van der Waals surface area contributed by atoms with Crippen LogP contribution in [0.15, 0.2) is 41.5 Å². The van der Waals surface area contributed by atoms with Crippen molar-refractivity contribution >= 4 is 23.4 Å². The van der Waals surface area contributed by atoms with Crippen LogP contribution in [-0.2, 0) is 9.53 Å². The first-order chi connectivity index (χ1) is 11.9. The summed E-state index contributed by atoms with van der Waals surface area (Å²) < 4.78 is 4.96. The van der Waals surface area contributed by atoms with Crippen LogP contribution in [0.2, 0.25) is 0 Å². The molecule has 1 aromatic rings. The summed E-state index contributed by atoms with van der Waals surface area (Å²) in [6, 6.07) is 0. The zero-order valence-electron chi connectivity index (χ0n) is 16.3. The molecule has 0 N–H and O–H groups in total. The van der Waals surface area contributed by atoms with E-state index in [2.05, 4.69) is 45.9 Å². The molecule has 1 rings (SSSR count). The molecule has 0 bridgehead atoms. The number of hydrogen-bond donors (Lipinski definition) is 0. The van der Waals surface area contributed by atoms with Gasteiger partial charge in [0, 0.05) is 15.8 Å². The Bertz CT molecular complexity index is 700. The predicted octanol–water partition coefficient (Wildman–Crippen LogP) is 6.48. The monoisotopic (exact) mass is 358 g/mol. The average Bonchev–Trinajstić information content (AvgIpc) is 2.82. The van der Waals surface area contributed by atoms with Crippen LogP contribution in [0.3, 0.4) is 0 Å². The van der Waals surface area contributed by atoms with E-state index in [-0.39, 0.29) is 5.97 Å². The Morgan fingerprint density at radius 3 is 2.20 bits per heavy atom. The van der Waals surface area contributed by atoms with E-state index in [1.807, 2.05) is 37.3 Å². The van der Waals surface area contributed by atoms with Gasteiger partial charge in [0.25, 0.3) is 0 Å². The van der Waals surface area contributed by atoms with Gasteiger partial charge < -0.3 is 4.74 Å². The topological polar surface area (TPSA) is 26.3 Å². The van der Waals surface area contributed by atoms with Crippen LogP contribution in [0.1, 0.15) is 54.5 Å². The molecule has 0 saturated carbocycles. The maximum atomic E-state index is 11.5. The summed E-state index contributed by atoms with van der Waals surface area (Å²) in [4.78, 5) is 14.3. The van der Waals surface area contributed by atoms with Gasteiger partial charge in [-0.1, -0.05) is 44.2 Å². The molecule has 0 saturated heterocycles. The highest BCUT2D eigenvalue weighted by Crippen LogP contribution is 2.28. The summed E-state index contributed by atoms with van der Waals surface area (Å²) in [5, 5.41) is 0. The number of aryl methyl sites for hydroxylation is 2. The predicted molar refractivity (Wildman–Crippen MR) is 110 cm³/mol. The fourth-order valence-corrected chi connectivity index (χ4v) is 3.49. The minimum absolute atomic E-state index is 0.276. The van der Waals surface area contributed by atoms with Crippen molar-refractivity contribution in [3.8, 4) is 0 Å². The molecule has 0 aromatic carbocycles. The Labute approximate surface area is 156 Å². The zero-order valence-corrected chi connectivity index (χ0v) is 17.1. The molecule has 0 spiro atoms. The molecule has 0 aliphatic carbocycles. The molecule has 3 heteroatoms. The van der Waals surface area contributed by atoms with E-state index in [0.717, 1.165) is 18.4 Å². The molecule has 1 heterocycles. The van der Waals surface area contributed by atoms with Crippen molar-refractivity contribution in [2.45, 2.75) is 54.4 Å². The first kappa shape index (κ1) is 21.2. The zero-order chi connectivity index (χ0) is 18.8. The van der Waals surface area contributed by atoms with Crippen molar-refractivity contribution in [2.75, 3.05) is 6.61 Å². The third-order valence-corrected chi connectivity index (χ3v) is 5.25. The van der Waals surface area contributed by atoms with Crippen LogP contribution in [0.5, 0.6) is 0 Å².